The van der Waals surface area contributed by atoms with Crippen LogP contribution in [0, 0.1) is 11.3 Å². The molecule has 0 aliphatic carbocycles. The van der Waals surface area contributed by atoms with Gasteiger partial charge in [-0.05, 0) is 25.8 Å². The number of amides is 1. The van der Waals surface area contributed by atoms with Crippen LogP contribution < -0.4 is 0 Å². The van der Waals surface area contributed by atoms with Crippen LogP contribution in [0.1, 0.15) is 38.7 Å². The van der Waals surface area contributed by atoms with E-state index in [9.17, 15) is 10.1 Å². The molecule has 1 rings (SSSR count). The van der Waals surface area contributed by atoms with Gasteiger partial charge in [-0.25, -0.2) is 0 Å². The molecule has 0 heterocycles. The number of carbonyl (C=O) groups is 1. The van der Waals surface area contributed by atoms with E-state index in [4.69, 9.17) is 0 Å². The number of rotatable bonds is 5. The Bertz CT molecular complexity index is 422. The summed E-state index contributed by atoms with van der Waals surface area (Å²) < 4.78 is 0. The summed E-state index contributed by atoms with van der Waals surface area (Å²) in [5.74, 6) is -0.791. The van der Waals surface area contributed by atoms with Crippen LogP contribution in [0.5, 0.6) is 0 Å². The third kappa shape index (κ3) is 3.10. The maximum absolute atomic E-state index is 12.4. The first-order valence-corrected chi connectivity index (χ1v) is 6.40. The first-order chi connectivity index (χ1) is 8.65. The normalized spacial score (nSPS) is 13.4. The van der Waals surface area contributed by atoms with Crippen LogP contribution in [0.4, 0.5) is 0 Å². The smallest absolute Gasteiger partial charge is 0.244 e. The quantitative estimate of drug-likeness (QED) is 0.799. The van der Waals surface area contributed by atoms with Gasteiger partial charge in [-0.2, -0.15) is 5.26 Å². The fraction of sp³-hybridized carbons (Fsp3) is 0.467. The topological polar surface area (TPSA) is 44.1 Å². The van der Waals surface area contributed by atoms with E-state index < -0.39 is 5.92 Å². The highest BCUT2D eigenvalue weighted by molar-refractivity contribution is 5.86. The number of nitrogens with zero attached hydrogens (tertiary/aromatic N) is 2. The molecule has 1 amide bonds. The molecule has 1 aromatic carbocycles. The number of hydrogen-bond donors (Lipinski definition) is 0. The molecule has 18 heavy (non-hydrogen) atoms. The van der Waals surface area contributed by atoms with Gasteiger partial charge >= 0.3 is 0 Å². The average Bonchev–Trinajstić information content (AvgIpc) is 2.41. The van der Waals surface area contributed by atoms with Gasteiger partial charge in [-0.1, -0.05) is 37.3 Å². The minimum absolute atomic E-state index is 0.0967. The van der Waals surface area contributed by atoms with Gasteiger partial charge in [0.05, 0.1) is 6.07 Å². The molecule has 3 heteroatoms. The Morgan fingerprint density at radius 2 is 1.94 bits per heavy atom. The summed E-state index contributed by atoms with van der Waals surface area (Å²) in [6.07, 6.45) is 0.895. The highest BCUT2D eigenvalue weighted by Crippen LogP contribution is 2.19. The second kappa shape index (κ2) is 6.80. The van der Waals surface area contributed by atoms with Gasteiger partial charge in [0.15, 0.2) is 0 Å². The minimum Gasteiger partial charge on any atom is -0.339 e. The zero-order valence-corrected chi connectivity index (χ0v) is 11.3. The molecule has 3 nitrogen and oxygen atoms in total. The Balaban J connectivity index is 2.96. The van der Waals surface area contributed by atoms with E-state index in [1.54, 1.807) is 4.90 Å². The molecule has 0 aromatic heterocycles. The summed E-state index contributed by atoms with van der Waals surface area (Å²) in [5.41, 5.74) is 0.770. The van der Waals surface area contributed by atoms with E-state index in [0.717, 1.165) is 12.0 Å². The molecule has 0 bridgehead atoms. The molecular weight excluding hydrogens is 224 g/mol. The SMILES string of the molecule is CCC(C)N(CC)C(=O)C(C#N)c1ccccc1. The fourth-order valence-electron chi connectivity index (χ4n) is 1.99. The molecule has 0 saturated carbocycles. The van der Waals surface area contributed by atoms with Gasteiger partial charge in [0.2, 0.25) is 5.91 Å². The molecule has 1 aromatic rings. The minimum atomic E-state index is -0.694. The highest BCUT2D eigenvalue weighted by atomic mass is 16.2. The van der Waals surface area contributed by atoms with Crippen LogP contribution in [0.25, 0.3) is 0 Å². The maximum Gasteiger partial charge on any atom is 0.244 e. The van der Waals surface area contributed by atoms with Gasteiger partial charge < -0.3 is 4.90 Å². The Hall–Kier alpha value is -1.82. The van der Waals surface area contributed by atoms with Crippen LogP contribution in [-0.2, 0) is 4.79 Å². The molecule has 0 N–H and O–H groups in total. The van der Waals surface area contributed by atoms with Gasteiger partial charge in [0.1, 0.15) is 5.92 Å². The molecule has 2 unspecified atom stereocenters. The summed E-state index contributed by atoms with van der Waals surface area (Å²) in [6.45, 7) is 6.65. The number of benzene rings is 1. The van der Waals surface area contributed by atoms with E-state index in [-0.39, 0.29) is 11.9 Å². The maximum atomic E-state index is 12.4. The lowest BCUT2D eigenvalue weighted by atomic mass is 9.98. The summed E-state index contributed by atoms with van der Waals surface area (Å²) in [4.78, 5) is 14.2. The Kier molecular flexibility index (Phi) is 5.38. The van der Waals surface area contributed by atoms with E-state index in [1.807, 2.05) is 51.1 Å². The van der Waals surface area contributed by atoms with Gasteiger partial charge in [0, 0.05) is 12.6 Å². The van der Waals surface area contributed by atoms with Crippen molar-refractivity contribution >= 4 is 5.91 Å². The van der Waals surface area contributed by atoms with E-state index >= 15 is 0 Å². The van der Waals surface area contributed by atoms with Crippen molar-refractivity contribution < 1.29 is 4.79 Å². The van der Waals surface area contributed by atoms with E-state index in [2.05, 4.69) is 6.07 Å². The fourth-order valence-corrected chi connectivity index (χ4v) is 1.99. The van der Waals surface area contributed by atoms with Gasteiger partial charge in [-0.3, -0.25) is 4.79 Å². The number of likely N-dealkylation sites (N-methyl/N-ethyl adjacent to an activating group) is 1. The summed E-state index contributed by atoms with van der Waals surface area (Å²) >= 11 is 0. The zero-order valence-electron chi connectivity index (χ0n) is 11.3. The van der Waals surface area contributed by atoms with Crippen LogP contribution in [0.2, 0.25) is 0 Å². The van der Waals surface area contributed by atoms with Crippen molar-refractivity contribution in [3.8, 4) is 6.07 Å². The molecule has 96 valence electrons. The van der Waals surface area contributed by atoms with Crippen LogP contribution >= 0.6 is 0 Å². The molecule has 0 spiro atoms. The van der Waals surface area contributed by atoms with Crippen LogP contribution in [0.3, 0.4) is 0 Å². The Morgan fingerprint density at radius 1 is 1.33 bits per heavy atom. The molecule has 0 saturated heterocycles. The first kappa shape index (κ1) is 14.2. The van der Waals surface area contributed by atoms with E-state index in [0.29, 0.717) is 6.54 Å². The van der Waals surface area contributed by atoms with Crippen molar-refractivity contribution in [2.24, 2.45) is 0 Å². The zero-order chi connectivity index (χ0) is 13.5. The molecule has 0 radical (unpaired) electrons. The van der Waals surface area contributed by atoms with Crippen molar-refractivity contribution in [3.05, 3.63) is 35.9 Å². The van der Waals surface area contributed by atoms with Crippen molar-refractivity contribution in [1.82, 2.24) is 4.90 Å². The van der Waals surface area contributed by atoms with Gasteiger partial charge in [-0.15, -0.1) is 0 Å². The number of carbonyl (C=O) groups excluding carboxylic acids is 1. The Labute approximate surface area is 109 Å². The third-order valence-electron chi connectivity index (χ3n) is 3.26. The summed E-state index contributed by atoms with van der Waals surface area (Å²) in [5, 5.41) is 9.25. The molecule has 2 atom stereocenters. The molecular formula is C15H20N2O. The summed E-state index contributed by atoms with van der Waals surface area (Å²) in [6, 6.07) is 11.5. The third-order valence-corrected chi connectivity index (χ3v) is 3.26. The van der Waals surface area contributed by atoms with Crippen molar-refractivity contribution in [1.29, 1.82) is 5.26 Å². The molecule has 0 aliphatic heterocycles. The lowest BCUT2D eigenvalue weighted by Gasteiger charge is -2.29. The monoisotopic (exact) mass is 244 g/mol. The van der Waals surface area contributed by atoms with Crippen LogP contribution in [-0.4, -0.2) is 23.4 Å². The molecule has 0 aliphatic rings. The standard InChI is InChI=1S/C15H20N2O/c1-4-12(3)17(5-2)15(18)14(11-16)13-9-7-6-8-10-13/h6-10,12,14H,4-5H2,1-3H3. The predicted octanol–water partition coefficient (Wildman–Crippen LogP) is 2.94. The number of hydrogen-bond acceptors (Lipinski definition) is 2. The predicted molar refractivity (Wildman–Crippen MR) is 71.9 cm³/mol. The highest BCUT2D eigenvalue weighted by Gasteiger charge is 2.27. The molecule has 0 fully saturated rings. The van der Waals surface area contributed by atoms with Crippen molar-refractivity contribution in [3.63, 3.8) is 0 Å². The average molecular weight is 244 g/mol. The lowest BCUT2D eigenvalue weighted by molar-refractivity contribution is -0.133. The summed E-state index contributed by atoms with van der Waals surface area (Å²) in [7, 11) is 0. The van der Waals surface area contributed by atoms with Crippen molar-refractivity contribution in [2.45, 2.75) is 39.2 Å². The van der Waals surface area contributed by atoms with Gasteiger partial charge in [0.25, 0.3) is 0 Å². The second-order valence-corrected chi connectivity index (χ2v) is 4.35. The lowest BCUT2D eigenvalue weighted by Crippen LogP contribution is -2.40. The first-order valence-electron chi connectivity index (χ1n) is 6.40. The largest absolute Gasteiger partial charge is 0.339 e. The second-order valence-electron chi connectivity index (χ2n) is 4.35. The number of nitriles is 1. The Morgan fingerprint density at radius 3 is 2.39 bits per heavy atom. The van der Waals surface area contributed by atoms with Crippen molar-refractivity contribution in [2.75, 3.05) is 6.54 Å². The van der Waals surface area contributed by atoms with E-state index in [1.165, 1.54) is 0 Å². The van der Waals surface area contributed by atoms with Crippen LogP contribution in [0.15, 0.2) is 30.3 Å².